The molecular weight excluding hydrogens is 396 g/mol. The van der Waals surface area contributed by atoms with Crippen LogP contribution in [0.25, 0.3) is 0 Å². The van der Waals surface area contributed by atoms with Crippen LogP contribution in [0, 0.1) is 0 Å². The van der Waals surface area contributed by atoms with Crippen LogP contribution in [0.15, 0.2) is 76.2 Å². The highest BCUT2D eigenvalue weighted by molar-refractivity contribution is 7.91. The minimum Gasteiger partial charge on any atom is -0.468 e. The number of anilines is 1. The predicted octanol–water partition coefficient (Wildman–Crippen LogP) is 3.35. The van der Waals surface area contributed by atoms with E-state index < -0.39 is 21.1 Å². The molecule has 0 radical (unpaired) electrons. The molecule has 8 nitrogen and oxygen atoms in total. The number of rotatable bonds is 6. The summed E-state index contributed by atoms with van der Waals surface area (Å²) in [5.74, 6) is 1.07. The predicted molar refractivity (Wildman–Crippen MR) is 105 cm³/mol. The van der Waals surface area contributed by atoms with Crippen LogP contribution >= 0.6 is 0 Å². The van der Waals surface area contributed by atoms with Crippen LogP contribution in [-0.2, 0) is 9.84 Å². The van der Waals surface area contributed by atoms with Crippen LogP contribution in [0.4, 0.5) is 10.5 Å². The van der Waals surface area contributed by atoms with E-state index in [1.54, 1.807) is 42.5 Å². The molecule has 2 heterocycles. The van der Waals surface area contributed by atoms with Crippen LogP contribution in [0.1, 0.15) is 11.0 Å². The third kappa shape index (κ3) is 4.04. The molecule has 0 bridgehead atoms. The average Bonchev–Trinajstić information content (AvgIpc) is 3.40. The molecule has 2 aromatic carbocycles. The number of hydrogen-bond donors (Lipinski definition) is 2. The van der Waals surface area contributed by atoms with Gasteiger partial charge in [-0.2, -0.15) is 0 Å². The second-order valence-electron chi connectivity index (χ2n) is 6.27. The fraction of sp³-hybridized carbons (Fsp3) is 0.150. The lowest BCUT2D eigenvalue weighted by Gasteiger charge is -2.17. The molecule has 2 amide bonds. The summed E-state index contributed by atoms with van der Waals surface area (Å²) in [6.45, 7) is -0.134. The zero-order valence-corrected chi connectivity index (χ0v) is 16.0. The summed E-state index contributed by atoms with van der Waals surface area (Å²) in [4.78, 5) is 12.3. The maximum atomic E-state index is 13.3. The molecule has 4 rings (SSSR count). The SMILES string of the molecule is O=C(NC[C@H](c1ccco1)S(=O)(=O)c1ccc2c(c1)OCO2)Nc1ccccc1. The van der Waals surface area contributed by atoms with Crippen molar-refractivity contribution in [2.24, 2.45) is 0 Å². The Balaban J connectivity index is 1.55. The molecule has 0 saturated carbocycles. The van der Waals surface area contributed by atoms with E-state index in [-0.39, 0.29) is 24.0 Å². The van der Waals surface area contributed by atoms with Gasteiger partial charge in [-0.3, -0.25) is 0 Å². The van der Waals surface area contributed by atoms with Crippen molar-refractivity contribution in [3.05, 3.63) is 72.7 Å². The highest BCUT2D eigenvalue weighted by Crippen LogP contribution is 2.37. The van der Waals surface area contributed by atoms with Crippen LogP contribution in [0.2, 0.25) is 0 Å². The lowest BCUT2D eigenvalue weighted by atomic mass is 10.3. The summed E-state index contributed by atoms with van der Waals surface area (Å²) in [5.41, 5.74) is 0.596. The third-order valence-corrected chi connectivity index (χ3v) is 6.45. The minimum atomic E-state index is -3.89. The second kappa shape index (κ2) is 7.88. The Bertz CT molecular complexity index is 1100. The Kier molecular flexibility index (Phi) is 5.13. The molecule has 0 saturated heterocycles. The van der Waals surface area contributed by atoms with E-state index in [1.807, 2.05) is 6.07 Å². The number of carbonyl (C=O) groups excluding carboxylic acids is 1. The number of amides is 2. The van der Waals surface area contributed by atoms with Gasteiger partial charge in [0.1, 0.15) is 11.0 Å². The van der Waals surface area contributed by atoms with Crippen molar-refractivity contribution in [2.45, 2.75) is 10.1 Å². The first-order chi connectivity index (χ1) is 14.0. The van der Waals surface area contributed by atoms with Gasteiger partial charge in [0, 0.05) is 18.3 Å². The lowest BCUT2D eigenvalue weighted by molar-refractivity contribution is 0.174. The van der Waals surface area contributed by atoms with E-state index in [1.165, 1.54) is 18.4 Å². The Labute approximate surface area is 167 Å². The summed E-state index contributed by atoms with van der Waals surface area (Å²) >= 11 is 0. The molecule has 29 heavy (non-hydrogen) atoms. The maximum absolute atomic E-state index is 13.3. The molecule has 0 aliphatic carbocycles. The molecule has 0 unspecified atom stereocenters. The Morgan fingerprint density at radius 3 is 2.55 bits per heavy atom. The zero-order chi connectivity index (χ0) is 20.3. The van der Waals surface area contributed by atoms with Gasteiger partial charge in [0.05, 0.1) is 11.2 Å². The highest BCUT2D eigenvalue weighted by atomic mass is 32.2. The molecule has 1 aliphatic heterocycles. The van der Waals surface area contributed by atoms with Crippen LogP contribution in [0.3, 0.4) is 0 Å². The number of nitrogens with one attached hydrogen (secondary N) is 2. The fourth-order valence-corrected chi connectivity index (χ4v) is 4.54. The summed E-state index contributed by atoms with van der Waals surface area (Å²) in [6, 6.07) is 15.9. The van der Waals surface area contributed by atoms with Gasteiger partial charge in [-0.25, -0.2) is 13.2 Å². The Morgan fingerprint density at radius 2 is 1.79 bits per heavy atom. The number of carbonyl (C=O) groups is 1. The number of urea groups is 1. The standard InChI is InChI=1S/C20H18N2O6S/c23-20(22-14-5-2-1-3-6-14)21-12-19(17-7-4-10-26-17)29(24,25)15-8-9-16-18(11-15)28-13-27-16/h1-11,19H,12-13H2,(H2,21,22,23)/t19-/m1/s1. The highest BCUT2D eigenvalue weighted by Gasteiger charge is 2.33. The van der Waals surface area contributed by atoms with Gasteiger partial charge in [0.25, 0.3) is 0 Å². The van der Waals surface area contributed by atoms with Crippen molar-refractivity contribution in [3.63, 3.8) is 0 Å². The second-order valence-corrected chi connectivity index (χ2v) is 8.40. The molecule has 1 atom stereocenters. The summed E-state index contributed by atoms with van der Waals surface area (Å²) in [7, 11) is -3.89. The van der Waals surface area contributed by atoms with Crippen molar-refractivity contribution in [3.8, 4) is 11.5 Å². The van der Waals surface area contributed by atoms with Crippen molar-refractivity contribution in [1.29, 1.82) is 0 Å². The van der Waals surface area contributed by atoms with E-state index in [2.05, 4.69) is 10.6 Å². The first-order valence-electron chi connectivity index (χ1n) is 8.81. The zero-order valence-electron chi connectivity index (χ0n) is 15.2. The van der Waals surface area contributed by atoms with Crippen LogP contribution < -0.4 is 20.1 Å². The van der Waals surface area contributed by atoms with E-state index in [0.29, 0.717) is 17.2 Å². The van der Waals surface area contributed by atoms with Crippen molar-refractivity contribution in [1.82, 2.24) is 5.32 Å². The van der Waals surface area contributed by atoms with Gasteiger partial charge in [0.2, 0.25) is 6.79 Å². The number of para-hydroxylation sites is 1. The van der Waals surface area contributed by atoms with Gasteiger partial charge in [0.15, 0.2) is 21.3 Å². The van der Waals surface area contributed by atoms with E-state index >= 15 is 0 Å². The molecule has 2 N–H and O–H groups in total. The Morgan fingerprint density at radius 1 is 1.00 bits per heavy atom. The third-order valence-electron chi connectivity index (χ3n) is 4.39. The number of hydrogen-bond acceptors (Lipinski definition) is 6. The van der Waals surface area contributed by atoms with Crippen molar-refractivity contribution in [2.75, 3.05) is 18.7 Å². The van der Waals surface area contributed by atoms with E-state index in [0.717, 1.165) is 0 Å². The van der Waals surface area contributed by atoms with Crippen LogP contribution in [-0.4, -0.2) is 27.8 Å². The Hall–Kier alpha value is -3.46. The normalized spacial score (nSPS) is 13.7. The van der Waals surface area contributed by atoms with E-state index in [4.69, 9.17) is 13.9 Å². The van der Waals surface area contributed by atoms with Crippen LogP contribution in [0.5, 0.6) is 11.5 Å². The summed E-state index contributed by atoms with van der Waals surface area (Å²) in [6.07, 6.45) is 1.39. The first-order valence-corrected chi connectivity index (χ1v) is 10.4. The van der Waals surface area contributed by atoms with Gasteiger partial charge in [-0.05, 0) is 36.4 Å². The number of ether oxygens (including phenoxy) is 2. The molecule has 0 fully saturated rings. The monoisotopic (exact) mass is 414 g/mol. The maximum Gasteiger partial charge on any atom is 0.319 e. The smallest absolute Gasteiger partial charge is 0.319 e. The van der Waals surface area contributed by atoms with Gasteiger partial charge >= 0.3 is 6.03 Å². The number of benzene rings is 2. The van der Waals surface area contributed by atoms with Crippen molar-refractivity contribution < 1.29 is 27.1 Å². The average molecular weight is 414 g/mol. The van der Waals surface area contributed by atoms with E-state index in [9.17, 15) is 13.2 Å². The number of sulfone groups is 1. The fourth-order valence-electron chi connectivity index (χ4n) is 2.94. The molecule has 3 aromatic rings. The quantitative estimate of drug-likeness (QED) is 0.641. The lowest BCUT2D eigenvalue weighted by Crippen LogP contribution is -2.34. The first kappa shape index (κ1) is 18.9. The number of furan rings is 1. The topological polar surface area (TPSA) is 107 Å². The van der Waals surface area contributed by atoms with Crippen molar-refractivity contribution >= 4 is 21.6 Å². The minimum absolute atomic E-state index is 0.0433. The molecule has 150 valence electrons. The molecule has 9 heteroatoms. The van der Waals surface area contributed by atoms with Gasteiger partial charge < -0.3 is 24.5 Å². The largest absolute Gasteiger partial charge is 0.468 e. The van der Waals surface area contributed by atoms with Gasteiger partial charge in [-0.1, -0.05) is 18.2 Å². The molecule has 1 aliphatic rings. The number of fused-ring (bicyclic) bond motifs is 1. The molecule has 1 aromatic heterocycles. The molecular formula is C20H18N2O6S. The summed E-state index contributed by atoms with van der Waals surface area (Å²) < 4.78 is 42.4. The summed E-state index contributed by atoms with van der Waals surface area (Å²) in [5, 5.41) is 4.15. The molecule has 0 spiro atoms. The van der Waals surface area contributed by atoms with Gasteiger partial charge in [-0.15, -0.1) is 0 Å².